The van der Waals surface area contributed by atoms with Gasteiger partial charge >= 0.3 is 5.63 Å². The molecule has 6 nitrogen and oxygen atoms in total. The number of aromatic nitrogens is 2. The van der Waals surface area contributed by atoms with Crippen molar-refractivity contribution < 1.29 is 9.15 Å². The smallest absolute Gasteiger partial charge is 0.336 e. The maximum Gasteiger partial charge on any atom is 0.336 e. The number of hydrogen-bond donors (Lipinski definition) is 0. The third kappa shape index (κ3) is 3.50. The average Bonchev–Trinajstić information content (AvgIpc) is 3.07. The van der Waals surface area contributed by atoms with Crippen LogP contribution in [0.4, 0.5) is 0 Å². The number of para-hydroxylation sites is 1. The molecule has 29 heavy (non-hydrogen) atoms. The summed E-state index contributed by atoms with van der Waals surface area (Å²) in [5.74, 6) is 0.552. The van der Waals surface area contributed by atoms with Crippen LogP contribution in [0.15, 0.2) is 63.8 Å². The van der Waals surface area contributed by atoms with Crippen molar-refractivity contribution in [3.8, 4) is 17.5 Å². The Morgan fingerprint density at radius 1 is 1.17 bits per heavy atom. The molecule has 0 unspecified atom stereocenters. The Morgan fingerprint density at radius 3 is 2.69 bits per heavy atom. The van der Waals surface area contributed by atoms with Crippen LogP contribution in [0.5, 0.6) is 5.75 Å². The second-order valence-corrected chi connectivity index (χ2v) is 6.66. The Balaban J connectivity index is 1.69. The van der Waals surface area contributed by atoms with E-state index in [2.05, 4.69) is 11.2 Å². The molecule has 0 fully saturated rings. The third-order valence-electron chi connectivity index (χ3n) is 4.83. The van der Waals surface area contributed by atoms with E-state index in [1.165, 1.54) is 6.07 Å². The van der Waals surface area contributed by atoms with E-state index in [0.717, 1.165) is 23.1 Å². The molecule has 2 aromatic carbocycles. The first-order chi connectivity index (χ1) is 14.1. The SMILES string of the molecule is CCc1cc(=O)oc2cc(OCc3c(C#N)c(C)nn3-c3ccccc3)ccc12. The normalized spacial score (nSPS) is 10.8. The number of fused-ring (bicyclic) bond motifs is 1. The first-order valence-electron chi connectivity index (χ1n) is 9.34. The van der Waals surface area contributed by atoms with Gasteiger partial charge < -0.3 is 9.15 Å². The maximum absolute atomic E-state index is 11.8. The summed E-state index contributed by atoms with van der Waals surface area (Å²) in [5.41, 5.74) is 3.71. The van der Waals surface area contributed by atoms with Crippen molar-refractivity contribution in [2.24, 2.45) is 0 Å². The fourth-order valence-corrected chi connectivity index (χ4v) is 3.38. The van der Waals surface area contributed by atoms with Gasteiger partial charge in [-0.15, -0.1) is 0 Å². The summed E-state index contributed by atoms with van der Waals surface area (Å²) in [7, 11) is 0. The van der Waals surface area contributed by atoms with E-state index >= 15 is 0 Å². The first-order valence-corrected chi connectivity index (χ1v) is 9.34. The molecule has 144 valence electrons. The predicted octanol–water partition coefficient (Wildman–Crippen LogP) is 4.30. The number of nitriles is 1. The number of nitrogens with zero attached hydrogens (tertiary/aromatic N) is 3. The Hall–Kier alpha value is -3.85. The van der Waals surface area contributed by atoms with E-state index in [1.54, 1.807) is 17.7 Å². The predicted molar refractivity (Wildman–Crippen MR) is 109 cm³/mol. The summed E-state index contributed by atoms with van der Waals surface area (Å²) in [5, 5.41) is 15.0. The van der Waals surface area contributed by atoms with Crippen LogP contribution in [0, 0.1) is 18.3 Å². The van der Waals surface area contributed by atoms with Crippen LogP contribution in [0.2, 0.25) is 0 Å². The van der Waals surface area contributed by atoms with Crippen molar-refractivity contribution in [2.45, 2.75) is 26.9 Å². The average molecular weight is 385 g/mol. The molecule has 0 saturated carbocycles. The molecule has 0 aliphatic heterocycles. The van der Waals surface area contributed by atoms with Crippen molar-refractivity contribution in [2.75, 3.05) is 0 Å². The summed E-state index contributed by atoms with van der Waals surface area (Å²) in [6.45, 7) is 3.95. The van der Waals surface area contributed by atoms with Crippen LogP contribution in [0.25, 0.3) is 16.7 Å². The highest BCUT2D eigenvalue weighted by molar-refractivity contribution is 5.81. The second-order valence-electron chi connectivity index (χ2n) is 6.66. The molecule has 4 aromatic rings. The zero-order valence-corrected chi connectivity index (χ0v) is 16.2. The molecule has 0 aliphatic carbocycles. The van der Waals surface area contributed by atoms with Crippen molar-refractivity contribution in [1.82, 2.24) is 9.78 Å². The lowest BCUT2D eigenvalue weighted by atomic mass is 10.1. The van der Waals surface area contributed by atoms with Crippen LogP contribution in [-0.2, 0) is 13.0 Å². The number of aryl methyl sites for hydroxylation is 2. The summed E-state index contributed by atoms with van der Waals surface area (Å²) >= 11 is 0. The van der Waals surface area contributed by atoms with Gasteiger partial charge in [0.15, 0.2) is 0 Å². The van der Waals surface area contributed by atoms with Crippen LogP contribution >= 0.6 is 0 Å². The van der Waals surface area contributed by atoms with Gasteiger partial charge in [0.1, 0.15) is 29.6 Å². The quantitative estimate of drug-likeness (QED) is 0.479. The van der Waals surface area contributed by atoms with Gasteiger partial charge in [-0.1, -0.05) is 25.1 Å². The van der Waals surface area contributed by atoms with E-state index in [-0.39, 0.29) is 12.2 Å². The molecule has 0 spiro atoms. The Morgan fingerprint density at radius 2 is 1.97 bits per heavy atom. The standard InChI is InChI=1S/C23H19N3O3/c1-3-16-11-23(27)29-22-12-18(9-10-19(16)22)28-14-21-20(13-24)15(2)25-26(21)17-7-5-4-6-8-17/h4-12H,3,14H2,1-2H3. The van der Waals surface area contributed by atoms with Gasteiger partial charge in [0.25, 0.3) is 0 Å². The molecule has 0 N–H and O–H groups in total. The zero-order valence-electron chi connectivity index (χ0n) is 16.2. The Bertz CT molecular complexity index is 1280. The van der Waals surface area contributed by atoms with Gasteiger partial charge in [-0.3, -0.25) is 0 Å². The van der Waals surface area contributed by atoms with Crippen LogP contribution in [0.1, 0.15) is 29.4 Å². The van der Waals surface area contributed by atoms with Crippen LogP contribution in [0.3, 0.4) is 0 Å². The highest BCUT2D eigenvalue weighted by Gasteiger charge is 2.17. The van der Waals surface area contributed by atoms with Gasteiger partial charge in [0, 0.05) is 17.5 Å². The second kappa shape index (κ2) is 7.64. The van der Waals surface area contributed by atoms with Crippen LogP contribution in [-0.4, -0.2) is 9.78 Å². The summed E-state index contributed by atoms with van der Waals surface area (Å²) < 4.78 is 13.0. The van der Waals surface area contributed by atoms with Crippen molar-refractivity contribution in [3.63, 3.8) is 0 Å². The molecular weight excluding hydrogens is 366 g/mol. The van der Waals surface area contributed by atoms with Crippen molar-refractivity contribution >= 4 is 11.0 Å². The lowest BCUT2D eigenvalue weighted by molar-refractivity contribution is 0.297. The van der Waals surface area contributed by atoms with Gasteiger partial charge in [-0.05, 0) is 43.2 Å². The number of ether oxygens (including phenoxy) is 1. The number of rotatable bonds is 5. The van der Waals surface area contributed by atoms with E-state index < -0.39 is 0 Å². The van der Waals surface area contributed by atoms with Gasteiger partial charge in [0.2, 0.25) is 0 Å². The fourth-order valence-electron chi connectivity index (χ4n) is 3.38. The van der Waals surface area contributed by atoms with Gasteiger partial charge in [-0.2, -0.15) is 10.4 Å². The molecule has 6 heteroatoms. The van der Waals surface area contributed by atoms with Crippen molar-refractivity contribution in [3.05, 3.63) is 87.5 Å². The molecule has 0 saturated heterocycles. The fraction of sp³-hybridized carbons (Fsp3) is 0.174. The molecular formula is C23H19N3O3. The van der Waals surface area contributed by atoms with Crippen LogP contribution < -0.4 is 10.4 Å². The number of hydrogen-bond acceptors (Lipinski definition) is 5. The van der Waals surface area contributed by atoms with Gasteiger partial charge in [-0.25, -0.2) is 9.48 Å². The minimum absolute atomic E-state index is 0.155. The zero-order chi connectivity index (χ0) is 20.4. The Kier molecular flexibility index (Phi) is 4.88. The molecule has 0 amide bonds. The lowest BCUT2D eigenvalue weighted by Gasteiger charge is -2.11. The highest BCUT2D eigenvalue weighted by atomic mass is 16.5. The monoisotopic (exact) mass is 385 g/mol. The number of benzene rings is 2. The third-order valence-corrected chi connectivity index (χ3v) is 4.83. The van der Waals surface area contributed by atoms with E-state index in [9.17, 15) is 10.1 Å². The molecule has 2 heterocycles. The summed E-state index contributed by atoms with van der Waals surface area (Å²) in [6, 6.07) is 18.8. The largest absolute Gasteiger partial charge is 0.487 e. The Labute approximate surface area is 167 Å². The minimum Gasteiger partial charge on any atom is -0.487 e. The van der Waals surface area contributed by atoms with E-state index in [1.807, 2.05) is 49.4 Å². The molecule has 4 rings (SSSR count). The van der Waals surface area contributed by atoms with E-state index in [0.29, 0.717) is 28.3 Å². The van der Waals surface area contributed by atoms with Crippen molar-refractivity contribution in [1.29, 1.82) is 5.26 Å². The maximum atomic E-state index is 11.8. The minimum atomic E-state index is -0.379. The van der Waals surface area contributed by atoms with Gasteiger partial charge in [0.05, 0.1) is 17.1 Å². The van der Waals surface area contributed by atoms with E-state index in [4.69, 9.17) is 9.15 Å². The topological polar surface area (TPSA) is 81.1 Å². The molecule has 0 atom stereocenters. The highest BCUT2D eigenvalue weighted by Crippen LogP contribution is 2.25. The molecule has 2 aromatic heterocycles. The molecule has 0 bridgehead atoms. The first kappa shape index (κ1) is 18.5. The molecule has 0 radical (unpaired) electrons. The summed E-state index contributed by atoms with van der Waals surface area (Å²) in [6.07, 6.45) is 0.739. The molecule has 0 aliphatic rings. The summed E-state index contributed by atoms with van der Waals surface area (Å²) in [4.78, 5) is 11.8. The lowest BCUT2D eigenvalue weighted by Crippen LogP contribution is -2.07.